The number of benzene rings is 1. The van der Waals surface area contributed by atoms with E-state index in [2.05, 4.69) is 4.98 Å². The highest BCUT2D eigenvalue weighted by molar-refractivity contribution is 7.99. The van der Waals surface area contributed by atoms with Crippen molar-refractivity contribution < 1.29 is 9.50 Å². The molecule has 0 aliphatic carbocycles. The van der Waals surface area contributed by atoms with Crippen molar-refractivity contribution in [3.05, 3.63) is 48.3 Å². The number of hydrogen-bond donors (Lipinski definition) is 1. The van der Waals surface area contributed by atoms with Crippen LogP contribution in [0.4, 0.5) is 4.39 Å². The molecule has 18 heavy (non-hydrogen) atoms. The van der Waals surface area contributed by atoms with Crippen molar-refractivity contribution in [3.63, 3.8) is 0 Å². The minimum atomic E-state index is -0.616. The van der Waals surface area contributed by atoms with Gasteiger partial charge in [-0.15, -0.1) is 11.8 Å². The van der Waals surface area contributed by atoms with Gasteiger partial charge < -0.3 is 9.67 Å². The van der Waals surface area contributed by atoms with Gasteiger partial charge in [0.1, 0.15) is 17.7 Å². The number of thioether (sulfide) groups is 1. The van der Waals surface area contributed by atoms with Crippen molar-refractivity contribution in [2.75, 3.05) is 5.75 Å². The third-order valence-electron chi connectivity index (χ3n) is 2.61. The summed E-state index contributed by atoms with van der Waals surface area (Å²) >= 11 is 1.48. The molecule has 1 atom stereocenters. The fourth-order valence-electron chi connectivity index (χ4n) is 1.67. The van der Waals surface area contributed by atoms with Gasteiger partial charge in [-0.25, -0.2) is 9.37 Å². The zero-order valence-electron chi connectivity index (χ0n) is 10.1. The van der Waals surface area contributed by atoms with E-state index in [0.29, 0.717) is 11.6 Å². The SMILES string of the molecule is CCn1ccnc1C(O)CSc1ccc(F)cc1. The zero-order chi connectivity index (χ0) is 13.0. The van der Waals surface area contributed by atoms with Gasteiger partial charge in [0.05, 0.1) is 0 Å². The highest BCUT2D eigenvalue weighted by atomic mass is 32.2. The van der Waals surface area contributed by atoms with Gasteiger partial charge in [0.25, 0.3) is 0 Å². The van der Waals surface area contributed by atoms with Crippen molar-refractivity contribution in [3.8, 4) is 0 Å². The Balaban J connectivity index is 1.96. The molecule has 0 aliphatic heterocycles. The Morgan fingerprint density at radius 2 is 2.11 bits per heavy atom. The highest BCUT2D eigenvalue weighted by Gasteiger charge is 2.13. The van der Waals surface area contributed by atoms with E-state index in [9.17, 15) is 9.50 Å². The molecule has 2 aromatic rings. The fraction of sp³-hybridized carbons (Fsp3) is 0.308. The van der Waals surface area contributed by atoms with E-state index in [4.69, 9.17) is 0 Å². The Bertz CT molecular complexity index is 498. The number of aliphatic hydroxyl groups excluding tert-OH is 1. The van der Waals surface area contributed by atoms with Crippen LogP contribution in [0.2, 0.25) is 0 Å². The lowest BCUT2D eigenvalue weighted by Gasteiger charge is -2.11. The van der Waals surface area contributed by atoms with Gasteiger partial charge >= 0.3 is 0 Å². The highest BCUT2D eigenvalue weighted by Crippen LogP contribution is 2.24. The predicted octanol–water partition coefficient (Wildman–Crippen LogP) is 2.87. The molecule has 1 aromatic carbocycles. The lowest BCUT2D eigenvalue weighted by Crippen LogP contribution is -2.09. The predicted molar refractivity (Wildman–Crippen MR) is 70.0 cm³/mol. The number of nitrogens with zero attached hydrogens (tertiary/aromatic N) is 2. The summed E-state index contributed by atoms with van der Waals surface area (Å²) in [5.74, 6) is 0.927. The monoisotopic (exact) mass is 266 g/mol. The molecule has 2 rings (SSSR count). The van der Waals surface area contributed by atoms with Crippen LogP contribution < -0.4 is 0 Å². The molecule has 1 heterocycles. The van der Waals surface area contributed by atoms with Crippen LogP contribution in [0.15, 0.2) is 41.6 Å². The lowest BCUT2D eigenvalue weighted by atomic mass is 10.3. The number of hydrogen-bond acceptors (Lipinski definition) is 3. The van der Waals surface area contributed by atoms with Crippen molar-refractivity contribution >= 4 is 11.8 Å². The maximum absolute atomic E-state index is 12.7. The molecule has 3 nitrogen and oxygen atoms in total. The zero-order valence-corrected chi connectivity index (χ0v) is 10.9. The van der Waals surface area contributed by atoms with E-state index >= 15 is 0 Å². The van der Waals surface area contributed by atoms with Crippen LogP contribution in [0.5, 0.6) is 0 Å². The van der Waals surface area contributed by atoms with E-state index in [1.54, 1.807) is 18.3 Å². The molecule has 0 saturated heterocycles. The van der Waals surface area contributed by atoms with Crippen LogP contribution in [0.25, 0.3) is 0 Å². The molecule has 96 valence electrons. The summed E-state index contributed by atoms with van der Waals surface area (Å²) in [6.45, 7) is 2.79. The Kier molecular flexibility index (Phi) is 4.38. The molecule has 5 heteroatoms. The van der Waals surface area contributed by atoms with E-state index < -0.39 is 6.10 Å². The number of aromatic nitrogens is 2. The molecule has 1 aromatic heterocycles. The van der Waals surface area contributed by atoms with Gasteiger partial charge in [0, 0.05) is 29.6 Å². The topological polar surface area (TPSA) is 38.0 Å². The van der Waals surface area contributed by atoms with Gasteiger partial charge in [0.15, 0.2) is 0 Å². The molecular formula is C13H15FN2OS. The quantitative estimate of drug-likeness (QED) is 0.846. The standard InChI is InChI=1S/C13H15FN2OS/c1-2-16-8-7-15-13(16)12(17)9-18-11-5-3-10(14)4-6-11/h3-8,12,17H,2,9H2,1H3. The lowest BCUT2D eigenvalue weighted by molar-refractivity contribution is 0.189. The van der Waals surface area contributed by atoms with Gasteiger partial charge in [-0.05, 0) is 31.2 Å². The van der Waals surface area contributed by atoms with Gasteiger partial charge in [-0.2, -0.15) is 0 Å². The average Bonchev–Trinajstić information content (AvgIpc) is 2.86. The molecular weight excluding hydrogens is 251 g/mol. The normalized spacial score (nSPS) is 12.6. The number of aliphatic hydroxyl groups is 1. The third kappa shape index (κ3) is 3.11. The molecule has 1 unspecified atom stereocenters. The van der Waals surface area contributed by atoms with Gasteiger partial charge in [-0.3, -0.25) is 0 Å². The van der Waals surface area contributed by atoms with E-state index in [0.717, 1.165) is 11.4 Å². The second-order valence-corrected chi connectivity index (χ2v) is 4.95. The van der Waals surface area contributed by atoms with Gasteiger partial charge in [-0.1, -0.05) is 0 Å². The fourth-order valence-corrected chi connectivity index (χ4v) is 2.49. The number of rotatable bonds is 5. The Labute approximate surface area is 110 Å². The largest absolute Gasteiger partial charge is 0.384 e. The Hall–Kier alpha value is -1.33. The summed E-state index contributed by atoms with van der Waals surface area (Å²) in [6.07, 6.45) is 2.92. The first-order valence-corrected chi connectivity index (χ1v) is 6.76. The number of imidazole rings is 1. The Morgan fingerprint density at radius 3 is 2.78 bits per heavy atom. The summed E-state index contributed by atoms with van der Waals surface area (Å²) in [6, 6.07) is 6.25. The van der Waals surface area contributed by atoms with Crippen molar-refractivity contribution in [2.45, 2.75) is 24.5 Å². The first kappa shape index (κ1) is 13.1. The Morgan fingerprint density at radius 1 is 1.39 bits per heavy atom. The van der Waals surface area contributed by atoms with Crippen LogP contribution in [0.1, 0.15) is 18.9 Å². The summed E-state index contributed by atoms with van der Waals surface area (Å²) in [4.78, 5) is 5.09. The minimum absolute atomic E-state index is 0.249. The van der Waals surface area contributed by atoms with Crippen LogP contribution in [0, 0.1) is 5.82 Å². The van der Waals surface area contributed by atoms with Crippen molar-refractivity contribution in [2.24, 2.45) is 0 Å². The first-order chi connectivity index (χ1) is 8.70. The van der Waals surface area contributed by atoms with E-state index in [1.807, 2.05) is 17.7 Å². The third-order valence-corrected chi connectivity index (χ3v) is 3.70. The minimum Gasteiger partial charge on any atom is -0.384 e. The van der Waals surface area contributed by atoms with Crippen LogP contribution in [-0.2, 0) is 6.54 Å². The smallest absolute Gasteiger partial charge is 0.138 e. The number of aryl methyl sites for hydroxylation is 1. The number of halogens is 1. The van der Waals surface area contributed by atoms with Crippen LogP contribution in [0.3, 0.4) is 0 Å². The molecule has 0 saturated carbocycles. The maximum Gasteiger partial charge on any atom is 0.138 e. The second-order valence-electron chi connectivity index (χ2n) is 3.85. The van der Waals surface area contributed by atoms with Gasteiger partial charge in [0.2, 0.25) is 0 Å². The van der Waals surface area contributed by atoms with Crippen LogP contribution in [-0.4, -0.2) is 20.4 Å². The van der Waals surface area contributed by atoms with Crippen molar-refractivity contribution in [1.82, 2.24) is 9.55 Å². The average molecular weight is 266 g/mol. The second kappa shape index (κ2) is 6.02. The van der Waals surface area contributed by atoms with Crippen molar-refractivity contribution in [1.29, 1.82) is 0 Å². The summed E-state index contributed by atoms with van der Waals surface area (Å²) in [5.41, 5.74) is 0. The van der Waals surface area contributed by atoms with E-state index in [-0.39, 0.29) is 5.82 Å². The summed E-state index contributed by atoms with van der Waals surface area (Å²) in [5, 5.41) is 10.1. The van der Waals surface area contributed by atoms with Crippen LogP contribution >= 0.6 is 11.8 Å². The maximum atomic E-state index is 12.7. The first-order valence-electron chi connectivity index (χ1n) is 5.78. The summed E-state index contributed by atoms with van der Waals surface area (Å²) in [7, 11) is 0. The molecule has 0 bridgehead atoms. The summed E-state index contributed by atoms with van der Waals surface area (Å²) < 4.78 is 14.6. The molecule has 1 N–H and O–H groups in total. The molecule has 0 fully saturated rings. The molecule has 0 aliphatic rings. The molecule has 0 amide bonds. The molecule has 0 spiro atoms. The van der Waals surface area contributed by atoms with E-state index in [1.165, 1.54) is 23.9 Å². The molecule has 0 radical (unpaired) electrons.